The summed E-state index contributed by atoms with van der Waals surface area (Å²) in [5.41, 5.74) is 8.72. The van der Waals surface area contributed by atoms with Gasteiger partial charge in [0.25, 0.3) is 5.91 Å². The third-order valence-corrected chi connectivity index (χ3v) is 3.64. The van der Waals surface area contributed by atoms with Crippen LogP contribution >= 0.6 is 12.4 Å². The van der Waals surface area contributed by atoms with Crippen molar-refractivity contribution in [2.45, 2.75) is 33.2 Å². The molecule has 0 heterocycles. The van der Waals surface area contributed by atoms with Crippen molar-refractivity contribution in [1.82, 2.24) is 0 Å². The normalized spacial score (nSPS) is 11.2. The van der Waals surface area contributed by atoms with Gasteiger partial charge in [-0.3, -0.25) is 4.79 Å². The Morgan fingerprint density at radius 3 is 2.54 bits per heavy atom. The van der Waals surface area contributed by atoms with Gasteiger partial charge in [0.05, 0.1) is 6.61 Å². The van der Waals surface area contributed by atoms with E-state index in [4.69, 9.17) is 15.2 Å². The zero-order chi connectivity index (χ0) is 18.2. The van der Waals surface area contributed by atoms with Crippen molar-refractivity contribution in [1.29, 1.82) is 0 Å². The SMILES string of the molecule is CCOc1cc(CC(C)N)ccc1OCC(=O)Nc1ccccc1C.Cl. The maximum Gasteiger partial charge on any atom is 0.262 e. The standard InChI is InChI=1S/C20H26N2O3.ClH/c1-4-24-19-12-16(11-15(3)21)9-10-18(19)25-13-20(23)22-17-8-6-5-7-14(17)2;/h5-10,12,15H,4,11,13,21H2,1-3H3,(H,22,23);1H. The number of rotatable bonds is 8. The van der Waals surface area contributed by atoms with Gasteiger partial charge in [0.15, 0.2) is 18.1 Å². The minimum atomic E-state index is -0.212. The Hall–Kier alpha value is -2.24. The van der Waals surface area contributed by atoms with Crippen molar-refractivity contribution >= 4 is 24.0 Å². The number of hydrogen-bond acceptors (Lipinski definition) is 4. The van der Waals surface area contributed by atoms with E-state index >= 15 is 0 Å². The summed E-state index contributed by atoms with van der Waals surface area (Å²) in [5, 5.41) is 2.85. The van der Waals surface area contributed by atoms with E-state index in [1.165, 1.54) is 0 Å². The lowest BCUT2D eigenvalue weighted by atomic mass is 10.1. The average Bonchev–Trinajstić information content (AvgIpc) is 2.56. The van der Waals surface area contributed by atoms with Crippen LogP contribution in [0.5, 0.6) is 11.5 Å². The number of benzene rings is 2. The molecule has 5 nitrogen and oxygen atoms in total. The first kappa shape index (κ1) is 21.8. The molecule has 2 rings (SSSR count). The van der Waals surface area contributed by atoms with Crippen LogP contribution in [0.25, 0.3) is 0 Å². The van der Waals surface area contributed by atoms with Crippen molar-refractivity contribution in [3.63, 3.8) is 0 Å². The van der Waals surface area contributed by atoms with Crippen LogP contribution in [0.15, 0.2) is 42.5 Å². The molecule has 0 aromatic heterocycles. The molecule has 0 aliphatic heterocycles. The smallest absolute Gasteiger partial charge is 0.262 e. The van der Waals surface area contributed by atoms with Gasteiger partial charge in [0, 0.05) is 11.7 Å². The third kappa shape index (κ3) is 6.58. The summed E-state index contributed by atoms with van der Waals surface area (Å²) in [4.78, 5) is 12.1. The molecule has 0 spiro atoms. The summed E-state index contributed by atoms with van der Waals surface area (Å²) < 4.78 is 11.3. The summed E-state index contributed by atoms with van der Waals surface area (Å²) in [6.07, 6.45) is 0.758. The highest BCUT2D eigenvalue weighted by Crippen LogP contribution is 2.29. The van der Waals surface area contributed by atoms with Gasteiger partial charge >= 0.3 is 0 Å². The Morgan fingerprint density at radius 1 is 1.15 bits per heavy atom. The fourth-order valence-corrected chi connectivity index (χ4v) is 2.48. The van der Waals surface area contributed by atoms with E-state index in [1.54, 1.807) is 0 Å². The molecule has 0 saturated heterocycles. The minimum absolute atomic E-state index is 0. The molecule has 2 aromatic carbocycles. The molecule has 3 N–H and O–H groups in total. The Bertz CT molecular complexity index is 720. The van der Waals surface area contributed by atoms with Gasteiger partial charge in [0.1, 0.15) is 0 Å². The fraction of sp³-hybridized carbons (Fsp3) is 0.350. The van der Waals surface area contributed by atoms with Gasteiger partial charge < -0.3 is 20.5 Å². The second-order valence-corrected chi connectivity index (χ2v) is 6.05. The number of halogens is 1. The van der Waals surface area contributed by atoms with Crippen LogP contribution in [0.3, 0.4) is 0 Å². The number of amides is 1. The van der Waals surface area contributed by atoms with Gasteiger partial charge in [-0.15, -0.1) is 12.4 Å². The number of aryl methyl sites for hydroxylation is 1. The van der Waals surface area contributed by atoms with Gasteiger partial charge in [0.2, 0.25) is 0 Å². The molecule has 1 atom stereocenters. The summed E-state index contributed by atoms with van der Waals surface area (Å²) in [6, 6.07) is 13.4. The van der Waals surface area contributed by atoms with E-state index in [9.17, 15) is 4.79 Å². The molecule has 0 aliphatic rings. The van der Waals surface area contributed by atoms with Crippen molar-refractivity contribution < 1.29 is 14.3 Å². The maximum atomic E-state index is 12.1. The van der Waals surface area contributed by atoms with Crippen LogP contribution in [0.2, 0.25) is 0 Å². The Kier molecular flexibility index (Phi) is 8.96. The Balaban J connectivity index is 0.00000338. The van der Waals surface area contributed by atoms with E-state index in [-0.39, 0.29) is 31.0 Å². The summed E-state index contributed by atoms with van der Waals surface area (Å²) in [6.45, 7) is 6.25. The van der Waals surface area contributed by atoms with E-state index in [0.29, 0.717) is 18.1 Å². The van der Waals surface area contributed by atoms with Gasteiger partial charge in [-0.05, 0) is 56.5 Å². The Labute approximate surface area is 161 Å². The van der Waals surface area contributed by atoms with Crippen LogP contribution in [0.1, 0.15) is 25.0 Å². The van der Waals surface area contributed by atoms with E-state index in [1.807, 2.05) is 63.2 Å². The quantitative estimate of drug-likeness (QED) is 0.734. The third-order valence-electron chi connectivity index (χ3n) is 3.64. The zero-order valence-electron chi connectivity index (χ0n) is 15.5. The van der Waals surface area contributed by atoms with Gasteiger partial charge in [-0.25, -0.2) is 0 Å². The number of carbonyl (C=O) groups is 1. The molecule has 0 fully saturated rings. The molecular formula is C20H27ClN2O3. The zero-order valence-corrected chi connectivity index (χ0v) is 16.3. The number of carbonyl (C=O) groups excluding carboxylic acids is 1. The molecule has 6 heteroatoms. The number of hydrogen-bond donors (Lipinski definition) is 2. The topological polar surface area (TPSA) is 73.6 Å². The van der Waals surface area contributed by atoms with Crippen LogP contribution in [0.4, 0.5) is 5.69 Å². The molecule has 142 valence electrons. The minimum Gasteiger partial charge on any atom is -0.490 e. The van der Waals surface area contributed by atoms with Gasteiger partial charge in [-0.1, -0.05) is 24.3 Å². The first-order valence-electron chi connectivity index (χ1n) is 8.49. The highest BCUT2D eigenvalue weighted by Gasteiger charge is 2.11. The van der Waals surface area contributed by atoms with Crippen LogP contribution in [-0.4, -0.2) is 25.2 Å². The number of anilines is 1. The second-order valence-electron chi connectivity index (χ2n) is 6.05. The van der Waals surface area contributed by atoms with Crippen molar-refractivity contribution in [2.24, 2.45) is 5.73 Å². The number of nitrogens with two attached hydrogens (primary N) is 1. The summed E-state index contributed by atoms with van der Waals surface area (Å²) in [5.74, 6) is 0.968. The second kappa shape index (κ2) is 10.7. The Morgan fingerprint density at radius 2 is 1.88 bits per heavy atom. The van der Waals surface area contributed by atoms with E-state index < -0.39 is 0 Å². The van der Waals surface area contributed by atoms with Crippen LogP contribution < -0.4 is 20.5 Å². The lowest BCUT2D eigenvalue weighted by molar-refractivity contribution is -0.118. The summed E-state index contributed by atoms with van der Waals surface area (Å²) >= 11 is 0. The maximum absolute atomic E-state index is 12.1. The largest absolute Gasteiger partial charge is 0.490 e. The fourth-order valence-electron chi connectivity index (χ4n) is 2.48. The summed E-state index contributed by atoms with van der Waals surface area (Å²) in [7, 11) is 0. The molecule has 0 saturated carbocycles. The molecule has 2 aromatic rings. The average molecular weight is 379 g/mol. The van der Waals surface area contributed by atoms with Crippen molar-refractivity contribution in [3.8, 4) is 11.5 Å². The monoisotopic (exact) mass is 378 g/mol. The molecular weight excluding hydrogens is 352 g/mol. The molecule has 1 unspecified atom stereocenters. The van der Waals surface area contributed by atoms with Crippen LogP contribution in [0, 0.1) is 6.92 Å². The predicted octanol–water partition coefficient (Wildman–Crippen LogP) is 3.72. The van der Waals surface area contributed by atoms with Crippen LogP contribution in [-0.2, 0) is 11.2 Å². The first-order valence-corrected chi connectivity index (χ1v) is 8.49. The van der Waals surface area contributed by atoms with E-state index in [0.717, 1.165) is 23.2 Å². The molecule has 1 amide bonds. The lowest BCUT2D eigenvalue weighted by Gasteiger charge is -2.14. The highest BCUT2D eigenvalue weighted by atomic mass is 35.5. The molecule has 0 bridgehead atoms. The number of para-hydroxylation sites is 1. The highest BCUT2D eigenvalue weighted by molar-refractivity contribution is 5.92. The number of nitrogens with one attached hydrogen (secondary N) is 1. The molecule has 26 heavy (non-hydrogen) atoms. The molecule has 0 aliphatic carbocycles. The first-order chi connectivity index (χ1) is 12.0. The lowest BCUT2D eigenvalue weighted by Crippen LogP contribution is -2.21. The van der Waals surface area contributed by atoms with E-state index in [2.05, 4.69) is 5.32 Å². The number of ether oxygens (including phenoxy) is 2. The van der Waals surface area contributed by atoms with Crippen molar-refractivity contribution in [2.75, 3.05) is 18.5 Å². The molecule has 0 radical (unpaired) electrons. The predicted molar refractivity (Wildman–Crippen MR) is 108 cm³/mol. The van der Waals surface area contributed by atoms with Crippen molar-refractivity contribution in [3.05, 3.63) is 53.6 Å². The van der Waals surface area contributed by atoms with Gasteiger partial charge in [-0.2, -0.15) is 0 Å².